The van der Waals surface area contributed by atoms with Crippen molar-refractivity contribution in [2.24, 2.45) is 11.8 Å². The molecule has 0 spiro atoms. The number of hydrogen-bond donors (Lipinski definition) is 6. The number of phenolic OH excluding ortho intramolecular Hbond substituents is 2. The molecule has 0 saturated heterocycles. The number of benzene rings is 3. The van der Waals surface area contributed by atoms with Gasteiger partial charge in [-0.3, -0.25) is 9.59 Å². The lowest BCUT2D eigenvalue weighted by molar-refractivity contribution is -0.135. The van der Waals surface area contributed by atoms with Gasteiger partial charge < -0.3 is 35.3 Å². The molecule has 1 aliphatic heterocycles. The number of hydrogen-bond acceptors (Lipinski definition) is 7. The number of rotatable bonds is 8. The fourth-order valence-electron chi connectivity index (χ4n) is 8.43. The number of fused-ring (bicyclic) bond motifs is 7. The van der Waals surface area contributed by atoms with Crippen molar-refractivity contribution in [2.75, 3.05) is 25.6 Å². The molecule has 3 heterocycles. The largest absolute Gasteiger partial charge is 0.508 e. The molecular formula is C45H49N3O6. The molecule has 54 heavy (non-hydrogen) atoms. The molecule has 3 aromatic carbocycles. The molecule has 3 atom stereocenters. The molecule has 3 unspecified atom stereocenters. The number of unbranched alkanes of at least 4 members (excludes halogenated alkanes) is 1. The van der Waals surface area contributed by atoms with E-state index in [4.69, 9.17) is 4.74 Å². The SMILES string of the molecule is COc1cc2cc(c1O)Cc1cccc(c1)Cc1cc[nH]c1NCC1=Cc3[nH]ccc3C(CCCCc3cccc(O)c3)C1C(=O)C(CCO)C(=O)CC2. The second-order valence-corrected chi connectivity index (χ2v) is 14.7. The van der Waals surface area contributed by atoms with E-state index < -0.39 is 11.8 Å². The Bertz CT molecular complexity index is 2140. The highest BCUT2D eigenvalue weighted by molar-refractivity contribution is 6.05. The number of nitrogens with one attached hydrogen (secondary N) is 3. The molecule has 0 fully saturated rings. The van der Waals surface area contributed by atoms with E-state index in [2.05, 4.69) is 39.6 Å². The molecular weight excluding hydrogens is 679 g/mol. The first-order valence-corrected chi connectivity index (χ1v) is 19.0. The predicted molar refractivity (Wildman–Crippen MR) is 210 cm³/mol. The Morgan fingerprint density at radius 2 is 1.61 bits per heavy atom. The molecule has 7 rings (SSSR count). The third-order valence-corrected chi connectivity index (χ3v) is 11.1. The maximum absolute atomic E-state index is 15.0. The van der Waals surface area contributed by atoms with Gasteiger partial charge in [0.1, 0.15) is 17.4 Å². The summed E-state index contributed by atoms with van der Waals surface area (Å²) in [6, 6.07) is 23.5. The van der Waals surface area contributed by atoms with Crippen molar-refractivity contribution >= 4 is 23.5 Å². The van der Waals surface area contributed by atoms with Gasteiger partial charge in [0.25, 0.3) is 0 Å². The smallest absolute Gasteiger partial charge is 0.161 e. The van der Waals surface area contributed by atoms with E-state index in [0.717, 1.165) is 76.1 Å². The second kappa shape index (κ2) is 16.6. The molecule has 0 radical (unpaired) electrons. The van der Waals surface area contributed by atoms with Gasteiger partial charge in [-0.15, -0.1) is 0 Å². The molecule has 5 aromatic rings. The van der Waals surface area contributed by atoms with Gasteiger partial charge in [-0.05, 0) is 113 Å². The van der Waals surface area contributed by atoms with E-state index >= 15 is 0 Å². The molecule has 0 amide bonds. The Labute approximate surface area is 316 Å². The number of anilines is 1. The van der Waals surface area contributed by atoms with Gasteiger partial charge in [-0.1, -0.05) is 48.9 Å². The summed E-state index contributed by atoms with van der Waals surface area (Å²) >= 11 is 0. The molecule has 1 aliphatic carbocycles. The van der Waals surface area contributed by atoms with E-state index in [1.807, 2.05) is 48.8 Å². The van der Waals surface area contributed by atoms with Crippen molar-refractivity contribution in [3.63, 3.8) is 0 Å². The van der Waals surface area contributed by atoms with Crippen LogP contribution in [0.25, 0.3) is 6.08 Å². The number of H-pyrrole nitrogens is 2. The Morgan fingerprint density at radius 3 is 2.41 bits per heavy atom. The molecule has 0 saturated carbocycles. The van der Waals surface area contributed by atoms with E-state index in [1.54, 1.807) is 18.2 Å². The van der Waals surface area contributed by atoms with Gasteiger partial charge in [0.05, 0.1) is 13.0 Å². The zero-order chi connectivity index (χ0) is 37.6. The summed E-state index contributed by atoms with van der Waals surface area (Å²) in [6.45, 7) is 0.116. The number of aromatic amines is 2. The summed E-state index contributed by atoms with van der Waals surface area (Å²) in [7, 11) is 1.52. The number of carbonyl (C=O) groups is 2. The van der Waals surface area contributed by atoms with E-state index in [9.17, 15) is 24.9 Å². The summed E-state index contributed by atoms with van der Waals surface area (Å²) in [4.78, 5) is 35.9. The van der Waals surface area contributed by atoms with Crippen LogP contribution in [0.3, 0.4) is 0 Å². The number of phenols is 2. The number of carbonyl (C=O) groups excluding carboxylic acids is 2. The van der Waals surface area contributed by atoms with Crippen LogP contribution in [0.15, 0.2) is 90.8 Å². The highest BCUT2D eigenvalue weighted by Gasteiger charge is 2.41. The van der Waals surface area contributed by atoms with Gasteiger partial charge in [0.15, 0.2) is 17.3 Å². The minimum Gasteiger partial charge on any atom is -0.508 e. The minimum atomic E-state index is -0.971. The molecule has 6 N–H and O–H groups in total. The van der Waals surface area contributed by atoms with Crippen LogP contribution in [0.1, 0.15) is 82.7 Å². The van der Waals surface area contributed by atoms with Gasteiger partial charge in [0, 0.05) is 62.0 Å². The van der Waals surface area contributed by atoms with Gasteiger partial charge >= 0.3 is 0 Å². The summed E-state index contributed by atoms with van der Waals surface area (Å²) in [6.07, 6.45) is 10.8. The summed E-state index contributed by atoms with van der Waals surface area (Å²) in [5.74, 6) is -0.531. The van der Waals surface area contributed by atoms with Gasteiger partial charge in [-0.2, -0.15) is 0 Å². The first kappa shape index (κ1) is 36.8. The van der Waals surface area contributed by atoms with Crippen LogP contribution in [0.2, 0.25) is 0 Å². The third kappa shape index (κ3) is 8.16. The number of methoxy groups -OCH3 is 1. The number of ketones is 2. The van der Waals surface area contributed by atoms with Crippen LogP contribution >= 0.6 is 0 Å². The Morgan fingerprint density at radius 1 is 0.815 bits per heavy atom. The fraction of sp³-hybridized carbons (Fsp3) is 0.333. The van der Waals surface area contributed by atoms with Crippen LogP contribution in [0, 0.1) is 11.8 Å². The number of aromatic hydroxyl groups is 2. The standard InChI is InChI=1S/C45H49N3O6/c1-54-41-25-31-12-13-40(51)38(16-19-49)44(53)42-34(26-39-36(15-18-46-39)37(42)11-3-2-6-28-7-5-10-35(50)24-28)27-48-45-32(14-17-47-45)21-29-8-4-9-30(20-29)22-33(23-31)43(41)52/h4-5,7-10,14-15,17-18,20,23-26,37-38,42,46-50,52H,2-3,6,11-13,16,19,21-22,27H2,1H3. The predicted octanol–water partition coefficient (Wildman–Crippen LogP) is 7.65. The van der Waals surface area contributed by atoms with Crippen LogP contribution in [0.5, 0.6) is 17.2 Å². The van der Waals surface area contributed by atoms with Crippen molar-refractivity contribution in [3.8, 4) is 17.2 Å². The number of aliphatic hydroxyl groups excluding tert-OH is 1. The summed E-state index contributed by atoms with van der Waals surface area (Å²) in [5.41, 5.74) is 8.77. The third-order valence-electron chi connectivity index (χ3n) is 11.1. The zero-order valence-electron chi connectivity index (χ0n) is 30.7. The first-order chi connectivity index (χ1) is 26.3. The Hall–Kier alpha value is -5.54. The average Bonchev–Trinajstić information content (AvgIpc) is 3.83. The highest BCUT2D eigenvalue weighted by Crippen LogP contribution is 2.44. The minimum absolute atomic E-state index is 0.0552. The normalized spacial score (nSPS) is 18.9. The highest BCUT2D eigenvalue weighted by atomic mass is 16.5. The van der Waals surface area contributed by atoms with Crippen LogP contribution in [-0.4, -0.2) is 57.1 Å². The van der Waals surface area contributed by atoms with Crippen LogP contribution in [-0.2, 0) is 35.3 Å². The van der Waals surface area contributed by atoms with Crippen LogP contribution in [0.4, 0.5) is 5.82 Å². The second-order valence-electron chi connectivity index (χ2n) is 14.7. The Balaban J connectivity index is 1.25. The van der Waals surface area contributed by atoms with E-state index in [0.29, 0.717) is 37.1 Å². The maximum atomic E-state index is 15.0. The number of Topliss-reactive ketones (excluding diaryl/α,β-unsaturated/α-hetero) is 2. The molecule has 9 nitrogen and oxygen atoms in total. The maximum Gasteiger partial charge on any atom is 0.161 e. The fourth-order valence-corrected chi connectivity index (χ4v) is 8.43. The van der Waals surface area contributed by atoms with Crippen molar-refractivity contribution in [3.05, 3.63) is 135 Å². The lowest BCUT2D eigenvalue weighted by Gasteiger charge is -2.34. The summed E-state index contributed by atoms with van der Waals surface area (Å²) < 4.78 is 5.55. The van der Waals surface area contributed by atoms with Crippen molar-refractivity contribution in [1.29, 1.82) is 0 Å². The van der Waals surface area contributed by atoms with Gasteiger partial charge in [0.2, 0.25) is 0 Å². The van der Waals surface area contributed by atoms with Crippen LogP contribution < -0.4 is 10.1 Å². The van der Waals surface area contributed by atoms with Gasteiger partial charge in [-0.25, -0.2) is 0 Å². The van der Waals surface area contributed by atoms with Crippen molar-refractivity contribution in [1.82, 2.24) is 9.97 Å². The first-order valence-electron chi connectivity index (χ1n) is 19.0. The number of aliphatic hydroxyl groups is 1. The number of aromatic nitrogens is 2. The van der Waals surface area contributed by atoms with E-state index in [-0.39, 0.29) is 48.4 Å². The number of ether oxygens (including phenoxy) is 1. The average molecular weight is 728 g/mol. The zero-order valence-corrected chi connectivity index (χ0v) is 30.7. The molecule has 4 bridgehead atoms. The van der Waals surface area contributed by atoms with Crippen molar-refractivity contribution in [2.45, 2.75) is 63.7 Å². The van der Waals surface area contributed by atoms with E-state index in [1.165, 1.54) is 7.11 Å². The Kier molecular flexibility index (Phi) is 11.3. The lowest BCUT2D eigenvalue weighted by Crippen LogP contribution is -2.37. The molecule has 2 aliphatic rings. The molecule has 280 valence electrons. The topological polar surface area (TPSA) is 148 Å². The molecule has 9 heteroatoms. The molecule has 2 aromatic heterocycles. The lowest BCUT2D eigenvalue weighted by atomic mass is 9.69. The quantitative estimate of drug-likeness (QED) is 0.0711. The monoisotopic (exact) mass is 727 g/mol. The van der Waals surface area contributed by atoms with Crippen molar-refractivity contribution < 1.29 is 29.6 Å². The number of aryl methyl sites for hydroxylation is 2. The summed E-state index contributed by atoms with van der Waals surface area (Å²) in [5, 5.41) is 34.9.